The van der Waals surface area contributed by atoms with E-state index in [1.165, 1.54) is 6.42 Å². The lowest BCUT2D eigenvalue weighted by Gasteiger charge is -2.08. The van der Waals surface area contributed by atoms with Crippen molar-refractivity contribution in [2.45, 2.75) is 25.8 Å². The molecule has 0 aliphatic carbocycles. The van der Waals surface area contributed by atoms with Crippen molar-refractivity contribution in [2.24, 2.45) is 13.0 Å². The van der Waals surface area contributed by atoms with Gasteiger partial charge < -0.3 is 15.2 Å². The SMILES string of the molecule is Cn1ccnc1CNC(=O)CCC1CCNC1. The summed E-state index contributed by atoms with van der Waals surface area (Å²) >= 11 is 0. The molecule has 2 heterocycles. The topological polar surface area (TPSA) is 59.0 Å². The quantitative estimate of drug-likeness (QED) is 0.779. The van der Waals surface area contributed by atoms with E-state index in [4.69, 9.17) is 0 Å². The summed E-state index contributed by atoms with van der Waals surface area (Å²) < 4.78 is 1.92. The molecule has 94 valence electrons. The molecule has 1 aliphatic heterocycles. The number of carbonyl (C=O) groups is 1. The first-order chi connectivity index (χ1) is 8.25. The smallest absolute Gasteiger partial charge is 0.220 e. The van der Waals surface area contributed by atoms with Crippen molar-refractivity contribution in [3.8, 4) is 0 Å². The molecule has 1 fully saturated rings. The molecule has 17 heavy (non-hydrogen) atoms. The summed E-state index contributed by atoms with van der Waals surface area (Å²) in [4.78, 5) is 15.8. The summed E-state index contributed by atoms with van der Waals surface area (Å²) in [5, 5.41) is 6.22. The molecule has 0 aromatic carbocycles. The third-order valence-electron chi connectivity index (χ3n) is 3.31. The highest BCUT2D eigenvalue weighted by molar-refractivity contribution is 5.75. The zero-order valence-corrected chi connectivity index (χ0v) is 10.3. The number of amides is 1. The molecule has 1 aromatic rings. The van der Waals surface area contributed by atoms with Crippen LogP contribution in [-0.4, -0.2) is 28.5 Å². The van der Waals surface area contributed by atoms with Crippen molar-refractivity contribution >= 4 is 5.91 Å². The predicted octanol–water partition coefficient (Wildman–Crippen LogP) is 0.426. The van der Waals surface area contributed by atoms with E-state index in [1.807, 2.05) is 17.8 Å². The van der Waals surface area contributed by atoms with Crippen molar-refractivity contribution in [1.82, 2.24) is 20.2 Å². The average Bonchev–Trinajstić information content (AvgIpc) is 2.95. The minimum atomic E-state index is 0.125. The van der Waals surface area contributed by atoms with Crippen LogP contribution in [-0.2, 0) is 18.4 Å². The summed E-state index contributed by atoms with van der Waals surface area (Å²) in [5.41, 5.74) is 0. The van der Waals surface area contributed by atoms with Gasteiger partial charge >= 0.3 is 0 Å². The summed E-state index contributed by atoms with van der Waals surface area (Å²) in [6.45, 7) is 2.68. The van der Waals surface area contributed by atoms with Gasteiger partial charge in [-0.1, -0.05) is 0 Å². The Balaban J connectivity index is 1.65. The Bertz CT molecular complexity index is 368. The number of imidazole rings is 1. The average molecular weight is 236 g/mol. The van der Waals surface area contributed by atoms with E-state index in [2.05, 4.69) is 15.6 Å². The lowest BCUT2D eigenvalue weighted by Crippen LogP contribution is -2.25. The first-order valence-electron chi connectivity index (χ1n) is 6.19. The predicted molar refractivity (Wildman–Crippen MR) is 65.3 cm³/mol. The Morgan fingerprint density at radius 1 is 1.71 bits per heavy atom. The van der Waals surface area contributed by atoms with Gasteiger partial charge in [-0.15, -0.1) is 0 Å². The summed E-state index contributed by atoms with van der Waals surface area (Å²) in [6.07, 6.45) is 6.43. The Labute approximate surface area is 102 Å². The lowest BCUT2D eigenvalue weighted by atomic mass is 10.0. The molecule has 0 radical (unpaired) electrons. The van der Waals surface area contributed by atoms with Crippen molar-refractivity contribution in [1.29, 1.82) is 0 Å². The second-order valence-electron chi connectivity index (χ2n) is 4.63. The van der Waals surface area contributed by atoms with Crippen LogP contribution in [0.15, 0.2) is 12.4 Å². The standard InChI is InChI=1S/C12H20N4O/c1-16-7-6-14-11(16)9-15-12(17)3-2-10-4-5-13-8-10/h6-7,10,13H,2-5,8-9H2,1H3,(H,15,17). The molecule has 5 heteroatoms. The van der Waals surface area contributed by atoms with Gasteiger partial charge in [0, 0.05) is 25.9 Å². The van der Waals surface area contributed by atoms with Crippen LogP contribution in [0, 0.1) is 5.92 Å². The molecule has 1 atom stereocenters. The van der Waals surface area contributed by atoms with Crippen molar-refractivity contribution in [3.63, 3.8) is 0 Å². The Hall–Kier alpha value is -1.36. The molecule has 1 saturated heterocycles. The first kappa shape index (κ1) is 12.1. The molecule has 1 unspecified atom stereocenters. The van der Waals surface area contributed by atoms with Gasteiger partial charge in [0.25, 0.3) is 0 Å². The van der Waals surface area contributed by atoms with Crippen molar-refractivity contribution in [2.75, 3.05) is 13.1 Å². The van der Waals surface area contributed by atoms with Gasteiger partial charge in [0.1, 0.15) is 5.82 Å². The number of hydrogen-bond donors (Lipinski definition) is 2. The van der Waals surface area contributed by atoms with Crippen molar-refractivity contribution < 1.29 is 4.79 Å². The van der Waals surface area contributed by atoms with Gasteiger partial charge in [-0.2, -0.15) is 0 Å². The fourth-order valence-corrected chi connectivity index (χ4v) is 2.13. The molecule has 0 spiro atoms. The maximum absolute atomic E-state index is 11.6. The normalized spacial score (nSPS) is 19.5. The van der Waals surface area contributed by atoms with E-state index in [-0.39, 0.29) is 5.91 Å². The van der Waals surface area contributed by atoms with Crippen LogP contribution in [0.5, 0.6) is 0 Å². The molecule has 0 bridgehead atoms. The minimum Gasteiger partial charge on any atom is -0.349 e. The summed E-state index contributed by atoms with van der Waals surface area (Å²) in [5.74, 6) is 1.69. The molecule has 2 rings (SSSR count). The third kappa shape index (κ3) is 3.56. The second-order valence-corrected chi connectivity index (χ2v) is 4.63. The van der Waals surface area contributed by atoms with Gasteiger partial charge in [-0.05, 0) is 31.8 Å². The second kappa shape index (κ2) is 5.82. The maximum atomic E-state index is 11.6. The monoisotopic (exact) mass is 236 g/mol. The van der Waals surface area contributed by atoms with Gasteiger partial charge in [0.2, 0.25) is 5.91 Å². The van der Waals surface area contributed by atoms with Crippen LogP contribution in [0.3, 0.4) is 0 Å². The van der Waals surface area contributed by atoms with Crippen LogP contribution >= 0.6 is 0 Å². The van der Waals surface area contributed by atoms with E-state index in [0.29, 0.717) is 18.9 Å². The molecule has 1 amide bonds. The number of nitrogens with one attached hydrogen (secondary N) is 2. The van der Waals surface area contributed by atoms with Gasteiger partial charge in [0.05, 0.1) is 6.54 Å². The fourth-order valence-electron chi connectivity index (χ4n) is 2.13. The number of aromatic nitrogens is 2. The number of aryl methyl sites for hydroxylation is 1. The molecular weight excluding hydrogens is 216 g/mol. The molecule has 0 saturated carbocycles. The van der Waals surface area contributed by atoms with Crippen LogP contribution in [0.1, 0.15) is 25.1 Å². The van der Waals surface area contributed by atoms with Gasteiger partial charge in [-0.25, -0.2) is 4.98 Å². The Kier molecular flexibility index (Phi) is 4.14. The molecular formula is C12H20N4O. The lowest BCUT2D eigenvalue weighted by molar-refractivity contribution is -0.121. The zero-order chi connectivity index (χ0) is 12.1. The van der Waals surface area contributed by atoms with E-state index in [0.717, 1.165) is 25.3 Å². The van der Waals surface area contributed by atoms with E-state index < -0.39 is 0 Å². The number of carbonyl (C=O) groups excluding carboxylic acids is 1. The number of nitrogens with zero attached hydrogens (tertiary/aromatic N) is 2. The molecule has 5 nitrogen and oxygen atoms in total. The van der Waals surface area contributed by atoms with Gasteiger partial charge in [0.15, 0.2) is 0 Å². The Morgan fingerprint density at radius 2 is 2.59 bits per heavy atom. The summed E-state index contributed by atoms with van der Waals surface area (Å²) in [6, 6.07) is 0. The van der Waals surface area contributed by atoms with Crippen LogP contribution < -0.4 is 10.6 Å². The van der Waals surface area contributed by atoms with Crippen LogP contribution in [0.4, 0.5) is 0 Å². The highest BCUT2D eigenvalue weighted by atomic mass is 16.1. The fraction of sp³-hybridized carbons (Fsp3) is 0.667. The number of rotatable bonds is 5. The highest BCUT2D eigenvalue weighted by Crippen LogP contribution is 2.13. The molecule has 1 aromatic heterocycles. The van der Waals surface area contributed by atoms with Crippen LogP contribution in [0.2, 0.25) is 0 Å². The third-order valence-corrected chi connectivity index (χ3v) is 3.31. The first-order valence-corrected chi connectivity index (χ1v) is 6.19. The minimum absolute atomic E-state index is 0.125. The van der Waals surface area contributed by atoms with E-state index >= 15 is 0 Å². The number of hydrogen-bond acceptors (Lipinski definition) is 3. The Morgan fingerprint density at radius 3 is 3.24 bits per heavy atom. The maximum Gasteiger partial charge on any atom is 0.220 e. The largest absolute Gasteiger partial charge is 0.349 e. The van der Waals surface area contributed by atoms with E-state index in [1.54, 1.807) is 6.20 Å². The van der Waals surface area contributed by atoms with Crippen molar-refractivity contribution in [3.05, 3.63) is 18.2 Å². The summed E-state index contributed by atoms with van der Waals surface area (Å²) in [7, 11) is 1.93. The zero-order valence-electron chi connectivity index (χ0n) is 10.3. The molecule has 2 N–H and O–H groups in total. The van der Waals surface area contributed by atoms with Crippen LogP contribution in [0.25, 0.3) is 0 Å². The van der Waals surface area contributed by atoms with E-state index in [9.17, 15) is 4.79 Å². The van der Waals surface area contributed by atoms with Gasteiger partial charge in [-0.3, -0.25) is 4.79 Å². The highest BCUT2D eigenvalue weighted by Gasteiger charge is 2.15. The molecule has 1 aliphatic rings.